The van der Waals surface area contributed by atoms with Gasteiger partial charge in [0.05, 0.1) is 18.9 Å². The van der Waals surface area contributed by atoms with E-state index in [9.17, 15) is 14.0 Å². The molecule has 3 rings (SSSR count). The molecule has 0 radical (unpaired) electrons. The third-order valence-electron chi connectivity index (χ3n) is 3.55. The average Bonchev–Trinajstić information content (AvgIpc) is 2.54. The molecule has 23 heavy (non-hydrogen) atoms. The minimum atomic E-state index is -0.643. The van der Waals surface area contributed by atoms with Gasteiger partial charge in [-0.15, -0.1) is 0 Å². The lowest BCUT2D eigenvalue weighted by molar-refractivity contribution is -0.122. The molecule has 0 atom stereocenters. The lowest BCUT2D eigenvalue weighted by Crippen LogP contribution is -2.55. The van der Waals surface area contributed by atoms with E-state index in [-0.39, 0.29) is 16.4 Å². The van der Waals surface area contributed by atoms with Crippen LogP contribution in [0, 0.1) is 5.82 Å². The van der Waals surface area contributed by atoms with Crippen molar-refractivity contribution in [1.29, 1.82) is 0 Å². The number of anilines is 1. The van der Waals surface area contributed by atoms with Crippen molar-refractivity contribution in [3.8, 4) is 0 Å². The second-order valence-electron chi connectivity index (χ2n) is 5.04. The van der Waals surface area contributed by atoms with Gasteiger partial charge in [-0.25, -0.2) is 9.29 Å². The van der Waals surface area contributed by atoms with Crippen molar-refractivity contribution in [2.75, 3.05) is 31.2 Å². The summed E-state index contributed by atoms with van der Waals surface area (Å²) in [5.74, 6) is -1.82. The molecule has 0 spiro atoms. The summed E-state index contributed by atoms with van der Waals surface area (Å²) in [6.07, 6.45) is 1.48. The Kier molecular flexibility index (Phi) is 4.35. The predicted octanol–water partition coefficient (Wildman–Crippen LogP) is 0.789. The number of morpholine rings is 1. The Morgan fingerprint density at radius 1 is 1.22 bits per heavy atom. The Labute approximate surface area is 137 Å². The summed E-state index contributed by atoms with van der Waals surface area (Å²) in [7, 11) is 0. The summed E-state index contributed by atoms with van der Waals surface area (Å²) < 4.78 is 19.2. The van der Waals surface area contributed by atoms with Crippen LogP contribution in [-0.2, 0) is 14.3 Å². The highest BCUT2D eigenvalue weighted by Crippen LogP contribution is 2.23. The van der Waals surface area contributed by atoms with Gasteiger partial charge in [0, 0.05) is 19.3 Å². The topological polar surface area (TPSA) is 61.9 Å². The lowest BCUT2D eigenvalue weighted by atomic mass is 10.1. The van der Waals surface area contributed by atoms with Crippen LogP contribution in [0.3, 0.4) is 0 Å². The number of thiocarbonyl (C=S) groups is 1. The highest BCUT2D eigenvalue weighted by Gasteiger charge is 2.36. The van der Waals surface area contributed by atoms with Crippen LogP contribution in [0.25, 0.3) is 0 Å². The van der Waals surface area contributed by atoms with Gasteiger partial charge in [0.25, 0.3) is 11.8 Å². The Balaban J connectivity index is 1.94. The number of para-hydroxylation sites is 1. The van der Waals surface area contributed by atoms with Crippen LogP contribution in [0.15, 0.2) is 36.0 Å². The van der Waals surface area contributed by atoms with Crippen LogP contribution in [0.5, 0.6) is 0 Å². The average molecular weight is 335 g/mol. The molecule has 1 N–H and O–H groups in total. The van der Waals surface area contributed by atoms with Gasteiger partial charge < -0.3 is 9.64 Å². The van der Waals surface area contributed by atoms with Crippen LogP contribution < -0.4 is 10.2 Å². The number of carbonyl (C=O) groups is 2. The van der Waals surface area contributed by atoms with E-state index in [2.05, 4.69) is 5.32 Å². The van der Waals surface area contributed by atoms with Gasteiger partial charge in [-0.3, -0.25) is 14.9 Å². The lowest BCUT2D eigenvalue weighted by Gasteiger charge is -2.31. The molecule has 2 saturated heterocycles. The molecule has 0 aliphatic carbocycles. The third kappa shape index (κ3) is 3.08. The van der Waals surface area contributed by atoms with Crippen LogP contribution in [0.2, 0.25) is 0 Å². The smallest absolute Gasteiger partial charge is 0.271 e. The number of hydrogen-bond donors (Lipinski definition) is 1. The molecule has 0 saturated carbocycles. The fourth-order valence-electron chi connectivity index (χ4n) is 2.39. The first-order valence-electron chi connectivity index (χ1n) is 7.06. The number of benzene rings is 1. The van der Waals surface area contributed by atoms with Crippen molar-refractivity contribution in [3.63, 3.8) is 0 Å². The SMILES string of the molecule is O=C1NC(=S)N(c2ccccc2F)C(=O)/C1=C/N1CCOCC1. The molecule has 1 aromatic rings. The molecular weight excluding hydrogens is 321 g/mol. The second-order valence-corrected chi connectivity index (χ2v) is 5.43. The van der Waals surface area contributed by atoms with Crippen molar-refractivity contribution in [1.82, 2.24) is 10.2 Å². The van der Waals surface area contributed by atoms with Gasteiger partial charge in [-0.1, -0.05) is 12.1 Å². The maximum absolute atomic E-state index is 14.0. The van der Waals surface area contributed by atoms with Crippen molar-refractivity contribution < 1.29 is 18.7 Å². The minimum Gasteiger partial charge on any atom is -0.378 e. The van der Waals surface area contributed by atoms with Gasteiger partial charge in [0.15, 0.2) is 5.11 Å². The van der Waals surface area contributed by atoms with Crippen molar-refractivity contribution >= 4 is 34.8 Å². The fourth-order valence-corrected chi connectivity index (χ4v) is 2.66. The number of nitrogens with one attached hydrogen (secondary N) is 1. The zero-order valence-electron chi connectivity index (χ0n) is 12.1. The summed E-state index contributed by atoms with van der Waals surface area (Å²) in [4.78, 5) is 27.6. The van der Waals surface area contributed by atoms with Crippen LogP contribution in [-0.4, -0.2) is 48.1 Å². The van der Waals surface area contributed by atoms with Gasteiger partial charge in [-0.2, -0.15) is 0 Å². The molecule has 6 nitrogen and oxygen atoms in total. The summed E-state index contributed by atoms with van der Waals surface area (Å²) in [6, 6.07) is 5.77. The van der Waals surface area contributed by atoms with E-state index in [1.807, 2.05) is 4.90 Å². The molecule has 2 heterocycles. The van der Waals surface area contributed by atoms with E-state index in [4.69, 9.17) is 17.0 Å². The number of ether oxygens (including phenoxy) is 1. The molecule has 2 amide bonds. The summed E-state index contributed by atoms with van der Waals surface area (Å²) in [6.45, 7) is 2.20. The van der Waals surface area contributed by atoms with Gasteiger partial charge >= 0.3 is 0 Å². The Bertz CT molecular complexity index is 701. The molecule has 120 valence electrons. The van der Waals surface area contributed by atoms with E-state index in [0.717, 1.165) is 4.90 Å². The molecule has 2 aliphatic heterocycles. The highest BCUT2D eigenvalue weighted by atomic mass is 32.1. The fraction of sp³-hybridized carbons (Fsp3) is 0.267. The number of nitrogens with zero attached hydrogens (tertiary/aromatic N) is 2. The maximum atomic E-state index is 14.0. The normalized spacial score (nSPS) is 20.9. The number of carbonyl (C=O) groups excluding carboxylic acids is 2. The van der Waals surface area contributed by atoms with Gasteiger partial charge in [0.1, 0.15) is 11.4 Å². The number of rotatable bonds is 2. The number of halogens is 1. The Hall–Kier alpha value is -2.32. The highest BCUT2D eigenvalue weighted by molar-refractivity contribution is 7.80. The predicted molar refractivity (Wildman–Crippen MR) is 85.1 cm³/mol. The standard InChI is InChI=1S/C15H14FN3O3S/c16-11-3-1-2-4-12(11)19-14(21)10(13(20)17-15(19)23)9-18-5-7-22-8-6-18/h1-4,9H,5-8H2,(H,17,20,23)/b10-9+. The van der Waals surface area contributed by atoms with Crippen LogP contribution in [0.1, 0.15) is 0 Å². The van der Waals surface area contributed by atoms with Crippen molar-refractivity contribution in [2.24, 2.45) is 0 Å². The van der Waals surface area contributed by atoms with Crippen LogP contribution >= 0.6 is 12.2 Å². The largest absolute Gasteiger partial charge is 0.378 e. The number of hydrogen-bond acceptors (Lipinski definition) is 5. The molecule has 8 heteroatoms. The van der Waals surface area contributed by atoms with Crippen molar-refractivity contribution in [2.45, 2.75) is 0 Å². The first-order chi connectivity index (χ1) is 11.1. The van der Waals surface area contributed by atoms with E-state index < -0.39 is 17.6 Å². The van der Waals surface area contributed by atoms with E-state index in [0.29, 0.717) is 26.3 Å². The molecule has 0 bridgehead atoms. The third-order valence-corrected chi connectivity index (χ3v) is 3.84. The van der Waals surface area contributed by atoms with Crippen LogP contribution in [0.4, 0.5) is 10.1 Å². The molecule has 2 aliphatic rings. The van der Waals surface area contributed by atoms with E-state index >= 15 is 0 Å². The van der Waals surface area contributed by atoms with Gasteiger partial charge in [-0.05, 0) is 24.4 Å². The quantitative estimate of drug-likeness (QED) is 0.492. The summed E-state index contributed by atoms with van der Waals surface area (Å²) in [5, 5.41) is 2.29. The molecular formula is C15H14FN3O3S. The number of amides is 2. The zero-order valence-corrected chi connectivity index (χ0v) is 12.9. The first-order valence-corrected chi connectivity index (χ1v) is 7.46. The zero-order chi connectivity index (χ0) is 16.4. The maximum Gasteiger partial charge on any atom is 0.271 e. The molecule has 0 aromatic heterocycles. The first kappa shape index (κ1) is 15.6. The monoisotopic (exact) mass is 335 g/mol. The van der Waals surface area contributed by atoms with Crippen molar-refractivity contribution in [3.05, 3.63) is 41.9 Å². The Morgan fingerprint density at radius 3 is 2.61 bits per heavy atom. The molecule has 1 aromatic carbocycles. The summed E-state index contributed by atoms with van der Waals surface area (Å²) >= 11 is 5.03. The summed E-state index contributed by atoms with van der Waals surface area (Å²) in [5.41, 5.74) is -0.0702. The molecule has 2 fully saturated rings. The Morgan fingerprint density at radius 2 is 1.91 bits per heavy atom. The molecule has 0 unspecified atom stereocenters. The van der Waals surface area contributed by atoms with E-state index in [1.54, 1.807) is 6.07 Å². The minimum absolute atomic E-state index is 0.00961. The van der Waals surface area contributed by atoms with Gasteiger partial charge in [0.2, 0.25) is 0 Å². The van der Waals surface area contributed by atoms with E-state index in [1.165, 1.54) is 24.4 Å². The second kappa shape index (κ2) is 6.43.